The summed E-state index contributed by atoms with van der Waals surface area (Å²) in [6.07, 6.45) is 0. The predicted molar refractivity (Wildman–Crippen MR) is 312 cm³/mol. The molecule has 0 spiro atoms. The first-order valence-corrected chi connectivity index (χ1v) is 26.5. The first-order valence-electron chi connectivity index (χ1n) is 26.5. The highest BCUT2D eigenvalue weighted by Gasteiger charge is 2.48. The minimum absolute atomic E-state index is 0.184. The summed E-state index contributed by atoms with van der Waals surface area (Å²) in [6, 6.07) is 82.5. The topological polar surface area (TPSA) is 6.48 Å². The Kier molecular flexibility index (Phi) is 9.41. The van der Waals surface area contributed by atoms with E-state index in [0.29, 0.717) is 0 Å². The lowest BCUT2D eigenvalue weighted by molar-refractivity contribution is 0.597. The molecule has 358 valence electrons. The summed E-state index contributed by atoms with van der Waals surface area (Å²) in [5.41, 5.74) is 30.0. The monoisotopic (exact) mass is 952 g/mol. The summed E-state index contributed by atoms with van der Waals surface area (Å²) in [7, 11) is 0. The van der Waals surface area contributed by atoms with Gasteiger partial charge in [-0.3, -0.25) is 0 Å². The third kappa shape index (κ3) is 6.30. The summed E-state index contributed by atoms with van der Waals surface area (Å²) < 4.78 is 0. The van der Waals surface area contributed by atoms with Gasteiger partial charge in [-0.05, 0) is 167 Å². The zero-order valence-electron chi connectivity index (χ0n) is 43.7. The first kappa shape index (κ1) is 44.5. The van der Waals surface area contributed by atoms with Crippen LogP contribution in [0.2, 0.25) is 0 Å². The molecule has 0 aromatic heterocycles. The molecular formula is C72H60N2. The number of benzene rings is 10. The highest BCUT2D eigenvalue weighted by molar-refractivity contribution is 5.97. The molecule has 0 saturated heterocycles. The number of rotatable bonds is 5. The molecule has 0 amide bonds. The Labute approximate surface area is 437 Å². The van der Waals surface area contributed by atoms with Gasteiger partial charge < -0.3 is 9.80 Å². The summed E-state index contributed by atoms with van der Waals surface area (Å²) in [6.45, 7) is 19.4. The number of anilines is 6. The Bertz CT molecular complexity index is 3740. The summed E-state index contributed by atoms with van der Waals surface area (Å²) in [5, 5.41) is 0. The number of hydrogen-bond donors (Lipinski definition) is 0. The number of para-hydroxylation sites is 2. The smallest absolute Gasteiger partial charge is 0.0544 e. The van der Waals surface area contributed by atoms with Crippen LogP contribution in [0, 0.1) is 0 Å². The van der Waals surface area contributed by atoms with Gasteiger partial charge in [-0.15, -0.1) is 0 Å². The molecule has 2 heteroatoms. The van der Waals surface area contributed by atoms with Gasteiger partial charge in [0.05, 0.1) is 34.1 Å². The Morgan fingerprint density at radius 3 is 0.905 bits per heavy atom. The Morgan fingerprint density at radius 2 is 0.473 bits per heavy atom. The summed E-state index contributed by atoms with van der Waals surface area (Å²) in [4.78, 5) is 5.13. The number of nitrogens with zero attached hydrogens (tertiary/aromatic N) is 2. The minimum Gasteiger partial charge on any atom is -0.309 e. The molecule has 14 rings (SSSR count). The van der Waals surface area contributed by atoms with Crippen molar-refractivity contribution in [1.29, 1.82) is 0 Å². The van der Waals surface area contributed by atoms with E-state index in [0.717, 1.165) is 0 Å². The van der Waals surface area contributed by atoms with Gasteiger partial charge in [0.15, 0.2) is 0 Å². The molecule has 0 radical (unpaired) electrons. The van der Waals surface area contributed by atoms with Gasteiger partial charge in [-0.25, -0.2) is 0 Å². The Balaban J connectivity index is 0.882. The van der Waals surface area contributed by atoms with E-state index >= 15 is 0 Å². The molecule has 2 nitrogen and oxygen atoms in total. The second-order valence-electron chi connectivity index (χ2n) is 23.4. The van der Waals surface area contributed by atoms with Crippen LogP contribution in [0.4, 0.5) is 34.1 Å². The van der Waals surface area contributed by atoms with Crippen molar-refractivity contribution in [2.45, 2.75) is 77.0 Å². The highest BCUT2D eigenvalue weighted by atomic mass is 15.2. The second-order valence-corrected chi connectivity index (χ2v) is 23.4. The molecule has 10 aromatic carbocycles. The molecule has 0 unspecified atom stereocenters. The van der Waals surface area contributed by atoms with E-state index in [-0.39, 0.29) is 21.7 Å². The fraction of sp³-hybridized carbons (Fsp3) is 0.167. The van der Waals surface area contributed by atoms with Gasteiger partial charge in [0.1, 0.15) is 0 Å². The third-order valence-electron chi connectivity index (χ3n) is 17.8. The van der Waals surface area contributed by atoms with Crippen molar-refractivity contribution in [3.8, 4) is 55.6 Å². The molecule has 0 N–H and O–H groups in total. The van der Waals surface area contributed by atoms with Crippen LogP contribution in [0.5, 0.6) is 0 Å². The predicted octanol–water partition coefficient (Wildman–Crippen LogP) is 19.5. The van der Waals surface area contributed by atoms with Crippen LogP contribution in [0.1, 0.15) is 99.9 Å². The van der Waals surface area contributed by atoms with Crippen LogP contribution in [-0.2, 0) is 21.7 Å². The average molecular weight is 953 g/mol. The van der Waals surface area contributed by atoms with Gasteiger partial charge in [0, 0.05) is 21.7 Å². The van der Waals surface area contributed by atoms with Crippen LogP contribution in [0.3, 0.4) is 0 Å². The molecule has 10 aromatic rings. The largest absolute Gasteiger partial charge is 0.309 e. The minimum atomic E-state index is -0.285. The standard InChI is InChI=1S/C72H60N2/c1-69(2)55-26-15-17-28-63(55)73-64-29-18-16-27-56(64)70(3,4)60-42-53(41-59(69)67(60)73)48-32-30-47(31-33-48)49-24-19-25-50(38-49)54-43-61-68-62(44-54)72(7,8)58-40-52(46-22-13-10-14-23-46)35-37-66(58)74(68)65-36-34-51(39-57(65)71(61,5)6)45-20-11-9-12-21-45/h9-44H,1-8H3. The van der Waals surface area contributed by atoms with Gasteiger partial charge in [0.25, 0.3) is 0 Å². The van der Waals surface area contributed by atoms with Gasteiger partial charge in [-0.1, -0.05) is 207 Å². The number of fused-ring (bicyclic) bond motifs is 8. The van der Waals surface area contributed by atoms with Crippen molar-refractivity contribution >= 4 is 34.1 Å². The van der Waals surface area contributed by atoms with Crippen LogP contribution in [0.15, 0.2) is 218 Å². The first-order chi connectivity index (χ1) is 35.7. The fourth-order valence-electron chi connectivity index (χ4n) is 13.5. The van der Waals surface area contributed by atoms with E-state index in [9.17, 15) is 0 Å². The Hall–Kier alpha value is -8.20. The van der Waals surface area contributed by atoms with Crippen molar-refractivity contribution in [3.63, 3.8) is 0 Å². The van der Waals surface area contributed by atoms with Crippen LogP contribution < -0.4 is 9.80 Å². The van der Waals surface area contributed by atoms with Crippen molar-refractivity contribution < 1.29 is 0 Å². The van der Waals surface area contributed by atoms with E-state index in [1.807, 2.05) is 0 Å². The molecule has 0 saturated carbocycles. The lowest BCUT2D eigenvalue weighted by Gasteiger charge is -2.50. The molecule has 0 aliphatic carbocycles. The van der Waals surface area contributed by atoms with Crippen molar-refractivity contribution in [1.82, 2.24) is 0 Å². The third-order valence-corrected chi connectivity index (χ3v) is 17.8. The lowest BCUT2D eigenvalue weighted by atomic mass is 9.65. The zero-order valence-corrected chi connectivity index (χ0v) is 43.7. The van der Waals surface area contributed by atoms with E-state index in [2.05, 4.69) is 284 Å². The lowest BCUT2D eigenvalue weighted by Crippen LogP contribution is -2.38. The molecular weight excluding hydrogens is 893 g/mol. The van der Waals surface area contributed by atoms with Crippen molar-refractivity contribution in [2.75, 3.05) is 9.80 Å². The average Bonchev–Trinajstić information content (AvgIpc) is 3.46. The summed E-state index contributed by atoms with van der Waals surface area (Å²) in [5.74, 6) is 0. The molecule has 0 bridgehead atoms. The maximum Gasteiger partial charge on any atom is 0.0544 e. The SMILES string of the molecule is CC1(C)c2ccccc2N2c3ccccc3C(C)(C)c3cc(-c4ccc(-c5cccc(-c6cc7c8c(c6)C(C)(C)c6cc(-c9ccccc9)ccc6N8c6ccc(-c8ccccc8)cc6C7(C)C)c5)cc4)cc1c32. The zero-order chi connectivity index (χ0) is 50.5. The molecule has 4 aliphatic rings. The van der Waals surface area contributed by atoms with E-state index in [1.54, 1.807) is 0 Å². The maximum atomic E-state index is 2.59. The van der Waals surface area contributed by atoms with Gasteiger partial charge >= 0.3 is 0 Å². The second kappa shape index (κ2) is 15.7. The molecule has 74 heavy (non-hydrogen) atoms. The van der Waals surface area contributed by atoms with Crippen LogP contribution >= 0.6 is 0 Å². The highest BCUT2D eigenvalue weighted by Crippen LogP contribution is 2.63. The van der Waals surface area contributed by atoms with Crippen LogP contribution in [0.25, 0.3) is 55.6 Å². The molecule has 0 fully saturated rings. The van der Waals surface area contributed by atoms with Gasteiger partial charge in [-0.2, -0.15) is 0 Å². The normalized spacial score (nSPS) is 16.2. The van der Waals surface area contributed by atoms with E-state index < -0.39 is 0 Å². The molecule has 4 aliphatic heterocycles. The van der Waals surface area contributed by atoms with Crippen LogP contribution in [-0.4, -0.2) is 0 Å². The quantitative estimate of drug-likeness (QED) is 0.170. The van der Waals surface area contributed by atoms with E-state index in [1.165, 1.54) is 134 Å². The maximum absolute atomic E-state index is 2.59. The van der Waals surface area contributed by atoms with Crippen molar-refractivity contribution in [2.24, 2.45) is 0 Å². The Morgan fingerprint density at radius 1 is 0.203 bits per heavy atom. The van der Waals surface area contributed by atoms with Crippen molar-refractivity contribution in [3.05, 3.63) is 263 Å². The molecule has 0 atom stereocenters. The fourth-order valence-corrected chi connectivity index (χ4v) is 13.5. The molecule has 4 heterocycles. The van der Waals surface area contributed by atoms with E-state index in [4.69, 9.17) is 0 Å². The number of hydrogen-bond acceptors (Lipinski definition) is 2. The van der Waals surface area contributed by atoms with Gasteiger partial charge in [0.2, 0.25) is 0 Å². The summed E-state index contributed by atoms with van der Waals surface area (Å²) >= 11 is 0.